The molecule has 1 N–H and O–H groups in total. The minimum absolute atomic E-state index is 0.176. The molecule has 0 unspecified atom stereocenters. The van der Waals surface area contributed by atoms with E-state index in [9.17, 15) is 18.0 Å². The Morgan fingerprint density at radius 2 is 2.00 bits per heavy atom. The maximum atomic E-state index is 12.5. The van der Waals surface area contributed by atoms with Crippen LogP contribution < -0.4 is 5.32 Å². The van der Waals surface area contributed by atoms with Crippen molar-refractivity contribution in [2.75, 3.05) is 5.32 Å². The average Bonchev–Trinajstić information content (AvgIpc) is 2.85. The Morgan fingerprint density at radius 3 is 2.62 bits per heavy atom. The highest BCUT2D eigenvalue weighted by molar-refractivity contribution is 6.02. The van der Waals surface area contributed by atoms with Gasteiger partial charge in [0, 0.05) is 18.0 Å². The van der Waals surface area contributed by atoms with E-state index in [1.807, 2.05) is 0 Å². The molecule has 6 heteroatoms. The van der Waals surface area contributed by atoms with Gasteiger partial charge in [0.15, 0.2) is 5.76 Å². The molecule has 3 nitrogen and oxygen atoms in total. The van der Waals surface area contributed by atoms with Crippen molar-refractivity contribution in [3.05, 3.63) is 65.8 Å². The predicted molar refractivity (Wildman–Crippen MR) is 72.0 cm³/mol. The van der Waals surface area contributed by atoms with Crippen LogP contribution >= 0.6 is 0 Å². The third-order valence-corrected chi connectivity index (χ3v) is 2.66. The lowest BCUT2D eigenvalue weighted by atomic mass is 10.2. The average molecular weight is 295 g/mol. The first-order chi connectivity index (χ1) is 9.86. The molecule has 1 aromatic carbocycles. The Labute approximate surface area is 119 Å². The lowest BCUT2D eigenvalue weighted by Crippen LogP contribution is -2.05. The van der Waals surface area contributed by atoms with E-state index in [2.05, 4.69) is 5.32 Å². The maximum absolute atomic E-state index is 12.5. The summed E-state index contributed by atoms with van der Waals surface area (Å²) in [5.74, 6) is 0.412. The van der Waals surface area contributed by atoms with Crippen LogP contribution in [0.2, 0.25) is 0 Å². The van der Waals surface area contributed by atoms with Gasteiger partial charge >= 0.3 is 6.18 Å². The van der Waals surface area contributed by atoms with Crippen LogP contribution in [0, 0.1) is 6.92 Å². The molecule has 0 aliphatic rings. The highest BCUT2D eigenvalue weighted by Gasteiger charge is 2.30. The van der Waals surface area contributed by atoms with Gasteiger partial charge in [-0.15, -0.1) is 0 Å². The summed E-state index contributed by atoms with van der Waals surface area (Å²) in [5, 5.41) is 2.62. The van der Waals surface area contributed by atoms with Crippen LogP contribution in [-0.4, -0.2) is 5.78 Å². The Kier molecular flexibility index (Phi) is 4.16. The lowest BCUT2D eigenvalue weighted by Gasteiger charge is -2.08. The molecular formula is C15H12F3NO2. The molecule has 2 rings (SSSR count). The first-order valence-corrected chi connectivity index (χ1v) is 6.07. The van der Waals surface area contributed by atoms with Gasteiger partial charge in [-0.25, -0.2) is 0 Å². The fraction of sp³-hybridized carbons (Fsp3) is 0.133. The third-order valence-electron chi connectivity index (χ3n) is 2.66. The second-order valence-corrected chi connectivity index (χ2v) is 4.33. The van der Waals surface area contributed by atoms with E-state index in [0.717, 1.165) is 12.1 Å². The van der Waals surface area contributed by atoms with Crippen molar-refractivity contribution < 1.29 is 22.4 Å². The number of ketones is 1. The lowest BCUT2D eigenvalue weighted by molar-refractivity contribution is -0.137. The van der Waals surface area contributed by atoms with E-state index in [-0.39, 0.29) is 17.2 Å². The van der Waals surface area contributed by atoms with E-state index < -0.39 is 11.7 Å². The Hall–Kier alpha value is -2.50. The molecule has 0 radical (unpaired) electrons. The van der Waals surface area contributed by atoms with Crippen molar-refractivity contribution in [1.82, 2.24) is 0 Å². The van der Waals surface area contributed by atoms with E-state index in [1.165, 1.54) is 30.5 Å². The number of carbonyl (C=O) groups excluding carboxylic acids is 1. The molecule has 1 heterocycles. The Balaban J connectivity index is 2.03. The number of hydrogen-bond acceptors (Lipinski definition) is 3. The Bertz CT molecular complexity index is 672. The standard InChI is InChI=1S/C15H12F3NO2/c1-10-5-6-14(21-10)13(20)7-8-19-12-4-2-3-11(9-12)15(16,17)18/h2-9,19H,1H3/b8-7+. The van der Waals surface area contributed by atoms with Gasteiger partial charge in [-0.2, -0.15) is 13.2 Å². The monoisotopic (exact) mass is 295 g/mol. The second-order valence-electron chi connectivity index (χ2n) is 4.33. The smallest absolute Gasteiger partial charge is 0.416 e. The number of aryl methyl sites for hydroxylation is 1. The summed E-state index contributed by atoms with van der Waals surface area (Å²) in [5.41, 5.74) is -0.515. The largest absolute Gasteiger partial charge is 0.458 e. The van der Waals surface area contributed by atoms with Gasteiger partial charge in [0.1, 0.15) is 5.76 Å². The highest BCUT2D eigenvalue weighted by Crippen LogP contribution is 2.30. The highest BCUT2D eigenvalue weighted by atomic mass is 19.4. The molecular weight excluding hydrogens is 283 g/mol. The SMILES string of the molecule is Cc1ccc(C(=O)/C=C/Nc2cccc(C(F)(F)F)c2)o1. The van der Waals surface area contributed by atoms with Crippen LogP contribution in [0.5, 0.6) is 0 Å². The van der Waals surface area contributed by atoms with Gasteiger partial charge in [0.25, 0.3) is 0 Å². The van der Waals surface area contributed by atoms with Gasteiger partial charge in [-0.1, -0.05) is 6.07 Å². The normalized spacial score (nSPS) is 11.8. The number of carbonyl (C=O) groups is 1. The topological polar surface area (TPSA) is 42.2 Å². The number of anilines is 1. The molecule has 110 valence electrons. The van der Waals surface area contributed by atoms with Crippen molar-refractivity contribution in [3.8, 4) is 0 Å². The van der Waals surface area contributed by atoms with Gasteiger partial charge in [0.05, 0.1) is 5.56 Å². The van der Waals surface area contributed by atoms with Crippen molar-refractivity contribution in [2.24, 2.45) is 0 Å². The van der Waals surface area contributed by atoms with Gasteiger partial charge in [0.2, 0.25) is 5.78 Å². The van der Waals surface area contributed by atoms with E-state index in [4.69, 9.17) is 4.42 Å². The van der Waals surface area contributed by atoms with Crippen LogP contribution in [0.15, 0.2) is 53.1 Å². The number of allylic oxidation sites excluding steroid dienone is 1. The molecule has 0 bridgehead atoms. The molecule has 21 heavy (non-hydrogen) atoms. The molecule has 0 saturated heterocycles. The second kappa shape index (κ2) is 5.87. The molecule has 2 aromatic rings. The van der Waals surface area contributed by atoms with Gasteiger partial charge in [-0.05, 0) is 37.3 Å². The number of halogens is 3. The van der Waals surface area contributed by atoms with E-state index in [0.29, 0.717) is 5.76 Å². The molecule has 0 amide bonds. The van der Waals surface area contributed by atoms with Crippen LogP contribution in [-0.2, 0) is 6.18 Å². The zero-order valence-electron chi connectivity index (χ0n) is 11.1. The molecule has 0 fully saturated rings. The number of furan rings is 1. The fourth-order valence-corrected chi connectivity index (χ4v) is 1.65. The van der Waals surface area contributed by atoms with Crippen molar-refractivity contribution in [3.63, 3.8) is 0 Å². The molecule has 0 aliphatic carbocycles. The zero-order chi connectivity index (χ0) is 15.5. The number of benzene rings is 1. The fourth-order valence-electron chi connectivity index (χ4n) is 1.65. The van der Waals surface area contributed by atoms with Gasteiger partial charge < -0.3 is 9.73 Å². The van der Waals surface area contributed by atoms with Crippen molar-refractivity contribution >= 4 is 11.5 Å². The summed E-state index contributed by atoms with van der Waals surface area (Å²) in [7, 11) is 0. The summed E-state index contributed by atoms with van der Waals surface area (Å²) in [6.07, 6.45) is -1.93. The van der Waals surface area contributed by atoms with E-state index in [1.54, 1.807) is 13.0 Å². The quantitative estimate of drug-likeness (QED) is 0.671. The number of hydrogen-bond donors (Lipinski definition) is 1. The van der Waals surface area contributed by atoms with Gasteiger partial charge in [-0.3, -0.25) is 4.79 Å². The summed E-state index contributed by atoms with van der Waals surface area (Å²) < 4.78 is 42.7. The van der Waals surface area contributed by atoms with Crippen molar-refractivity contribution in [2.45, 2.75) is 13.1 Å². The molecule has 0 atom stereocenters. The summed E-state index contributed by atoms with van der Waals surface area (Å²) in [6, 6.07) is 7.89. The number of nitrogens with one attached hydrogen (secondary N) is 1. The number of rotatable bonds is 4. The van der Waals surface area contributed by atoms with Crippen LogP contribution in [0.1, 0.15) is 21.9 Å². The third kappa shape index (κ3) is 3.98. The molecule has 0 aliphatic heterocycles. The molecule has 1 aromatic heterocycles. The predicted octanol–water partition coefficient (Wildman–Crippen LogP) is 4.42. The zero-order valence-corrected chi connectivity index (χ0v) is 11.1. The molecule has 0 spiro atoms. The number of alkyl halides is 3. The van der Waals surface area contributed by atoms with E-state index >= 15 is 0 Å². The summed E-state index contributed by atoms with van der Waals surface area (Å²) in [4.78, 5) is 11.7. The van der Waals surface area contributed by atoms with Crippen molar-refractivity contribution in [1.29, 1.82) is 0 Å². The summed E-state index contributed by atoms with van der Waals surface area (Å²) in [6.45, 7) is 1.71. The van der Waals surface area contributed by atoms with Crippen LogP contribution in [0.3, 0.4) is 0 Å². The van der Waals surface area contributed by atoms with Crippen LogP contribution in [0.25, 0.3) is 0 Å². The minimum Gasteiger partial charge on any atom is -0.458 e. The first kappa shape index (κ1) is 14.9. The first-order valence-electron chi connectivity index (χ1n) is 6.07. The Morgan fingerprint density at radius 1 is 1.24 bits per heavy atom. The maximum Gasteiger partial charge on any atom is 0.416 e. The summed E-state index contributed by atoms with van der Waals surface area (Å²) >= 11 is 0. The molecule has 0 saturated carbocycles. The van der Waals surface area contributed by atoms with Crippen LogP contribution in [0.4, 0.5) is 18.9 Å². The minimum atomic E-state index is -4.40.